The first-order valence-electron chi connectivity index (χ1n) is 6.40. The Kier molecular flexibility index (Phi) is 6.12. The maximum Gasteiger partial charge on any atom is 0.303 e. The molecule has 3 nitrogen and oxygen atoms in total. The summed E-state index contributed by atoms with van der Waals surface area (Å²) in [4.78, 5) is 21.9. The molecule has 0 spiro atoms. The Hall–Kier alpha value is -1.64. The van der Waals surface area contributed by atoms with Crippen LogP contribution in [0.3, 0.4) is 0 Å². The molecule has 0 aromatic rings. The zero-order valence-electron chi connectivity index (χ0n) is 10.6. The van der Waals surface area contributed by atoms with Crippen molar-refractivity contribution < 1.29 is 14.7 Å². The molecule has 3 heteroatoms. The van der Waals surface area contributed by atoms with Gasteiger partial charge in [-0.05, 0) is 31.8 Å². The van der Waals surface area contributed by atoms with Crippen molar-refractivity contribution in [2.24, 2.45) is 5.92 Å². The summed E-state index contributed by atoms with van der Waals surface area (Å²) in [6.45, 7) is 3.69. The summed E-state index contributed by atoms with van der Waals surface area (Å²) in [6, 6.07) is 0. The third kappa shape index (κ3) is 4.70. The van der Waals surface area contributed by atoms with E-state index in [1.165, 1.54) is 0 Å². The number of allylic oxidation sites excluding steroid dienone is 5. The Morgan fingerprint density at radius 1 is 1.39 bits per heavy atom. The van der Waals surface area contributed by atoms with E-state index in [2.05, 4.69) is 6.58 Å². The highest BCUT2D eigenvalue weighted by atomic mass is 16.4. The lowest BCUT2D eigenvalue weighted by molar-refractivity contribution is -0.137. The summed E-state index contributed by atoms with van der Waals surface area (Å²) >= 11 is 0. The van der Waals surface area contributed by atoms with Crippen molar-refractivity contribution in [3.05, 3.63) is 36.5 Å². The summed E-state index contributed by atoms with van der Waals surface area (Å²) < 4.78 is 0. The highest BCUT2D eigenvalue weighted by Crippen LogP contribution is 2.25. The molecule has 18 heavy (non-hydrogen) atoms. The van der Waals surface area contributed by atoms with Gasteiger partial charge in [-0.15, -0.1) is 6.58 Å². The number of unbranched alkanes of at least 4 members (excludes halogenated alkanes) is 3. The second kappa shape index (κ2) is 7.64. The van der Waals surface area contributed by atoms with Crippen molar-refractivity contribution in [1.82, 2.24) is 0 Å². The summed E-state index contributed by atoms with van der Waals surface area (Å²) in [5.74, 6) is -0.448. The lowest BCUT2D eigenvalue weighted by Gasteiger charge is -2.07. The van der Waals surface area contributed by atoms with E-state index in [9.17, 15) is 9.59 Å². The van der Waals surface area contributed by atoms with Gasteiger partial charge in [0, 0.05) is 17.9 Å². The maximum absolute atomic E-state index is 11.6. The average molecular weight is 248 g/mol. The van der Waals surface area contributed by atoms with E-state index in [1.54, 1.807) is 6.08 Å². The highest BCUT2D eigenvalue weighted by molar-refractivity contribution is 6.07. The van der Waals surface area contributed by atoms with Crippen LogP contribution in [0.1, 0.15) is 38.5 Å². The van der Waals surface area contributed by atoms with Gasteiger partial charge in [-0.1, -0.05) is 24.6 Å². The Labute approximate surface area is 108 Å². The van der Waals surface area contributed by atoms with E-state index in [-0.39, 0.29) is 18.1 Å². The first kappa shape index (κ1) is 14.4. The van der Waals surface area contributed by atoms with Gasteiger partial charge in [0.1, 0.15) is 0 Å². The van der Waals surface area contributed by atoms with Gasteiger partial charge < -0.3 is 5.11 Å². The summed E-state index contributed by atoms with van der Waals surface area (Å²) in [5, 5.41) is 8.50. The third-order valence-corrected chi connectivity index (χ3v) is 3.04. The minimum absolute atomic E-state index is 0.104. The van der Waals surface area contributed by atoms with E-state index in [4.69, 9.17) is 5.11 Å². The number of carbonyl (C=O) groups excluding carboxylic acids is 1. The Morgan fingerprint density at radius 2 is 2.17 bits per heavy atom. The zero-order valence-corrected chi connectivity index (χ0v) is 10.6. The van der Waals surface area contributed by atoms with Crippen molar-refractivity contribution in [2.75, 3.05) is 0 Å². The molecule has 0 bridgehead atoms. The van der Waals surface area contributed by atoms with Gasteiger partial charge in [-0.3, -0.25) is 9.59 Å². The SMILES string of the molecule is C=CCC1C=CC(=O)C1=CCCCCCC(=O)O. The van der Waals surface area contributed by atoms with Gasteiger partial charge in [0.15, 0.2) is 5.78 Å². The lowest BCUT2D eigenvalue weighted by Crippen LogP contribution is -2.02. The van der Waals surface area contributed by atoms with E-state index in [1.807, 2.05) is 18.2 Å². The molecule has 0 radical (unpaired) electrons. The average Bonchev–Trinajstić information content (AvgIpc) is 2.66. The van der Waals surface area contributed by atoms with Crippen LogP contribution in [-0.2, 0) is 9.59 Å². The molecule has 1 aliphatic rings. The van der Waals surface area contributed by atoms with Crippen LogP contribution < -0.4 is 0 Å². The third-order valence-electron chi connectivity index (χ3n) is 3.04. The second-order valence-corrected chi connectivity index (χ2v) is 4.51. The molecule has 98 valence electrons. The van der Waals surface area contributed by atoms with E-state index in [0.29, 0.717) is 6.42 Å². The van der Waals surface area contributed by atoms with Crippen LogP contribution in [0.25, 0.3) is 0 Å². The number of carboxylic acids is 1. The molecular weight excluding hydrogens is 228 g/mol. The van der Waals surface area contributed by atoms with Crippen LogP contribution in [0.5, 0.6) is 0 Å². The van der Waals surface area contributed by atoms with Gasteiger partial charge in [-0.25, -0.2) is 0 Å². The minimum atomic E-state index is -0.741. The maximum atomic E-state index is 11.6. The monoisotopic (exact) mass is 248 g/mol. The number of ketones is 1. The number of aliphatic carboxylic acids is 1. The lowest BCUT2D eigenvalue weighted by atomic mass is 9.97. The molecule has 0 saturated heterocycles. The smallest absolute Gasteiger partial charge is 0.303 e. The molecule has 0 amide bonds. The topological polar surface area (TPSA) is 54.4 Å². The molecule has 1 unspecified atom stereocenters. The molecule has 1 atom stereocenters. The Balaban J connectivity index is 2.30. The first-order chi connectivity index (χ1) is 8.65. The number of carboxylic acid groups (broad SMARTS) is 1. The molecule has 1 N–H and O–H groups in total. The quantitative estimate of drug-likeness (QED) is 0.407. The van der Waals surface area contributed by atoms with Crippen molar-refractivity contribution in [1.29, 1.82) is 0 Å². The highest BCUT2D eigenvalue weighted by Gasteiger charge is 2.20. The van der Waals surface area contributed by atoms with Gasteiger partial charge >= 0.3 is 5.97 Å². The van der Waals surface area contributed by atoms with Gasteiger partial charge in [-0.2, -0.15) is 0 Å². The molecule has 0 saturated carbocycles. The molecule has 0 heterocycles. The van der Waals surface area contributed by atoms with Gasteiger partial charge in [0.25, 0.3) is 0 Å². The van der Waals surface area contributed by atoms with Gasteiger partial charge in [0.05, 0.1) is 0 Å². The number of hydrogen-bond donors (Lipinski definition) is 1. The Morgan fingerprint density at radius 3 is 2.83 bits per heavy atom. The molecular formula is C15H20O3. The van der Waals surface area contributed by atoms with Crippen LogP contribution in [0, 0.1) is 5.92 Å². The number of hydrogen-bond acceptors (Lipinski definition) is 2. The zero-order chi connectivity index (χ0) is 13.4. The number of carbonyl (C=O) groups is 2. The standard InChI is InChI=1S/C15H20O3/c1-2-7-12-10-11-14(16)13(12)8-5-3-4-6-9-15(17)18/h2,8,10-12H,1,3-7,9H2,(H,17,18). The molecule has 0 aromatic carbocycles. The van der Waals surface area contributed by atoms with Crippen LogP contribution in [0.4, 0.5) is 0 Å². The van der Waals surface area contributed by atoms with Crippen molar-refractivity contribution >= 4 is 11.8 Å². The normalized spacial score (nSPS) is 20.6. The molecule has 0 fully saturated rings. The fraction of sp³-hybridized carbons (Fsp3) is 0.467. The van der Waals surface area contributed by atoms with Crippen LogP contribution in [-0.4, -0.2) is 16.9 Å². The Bertz CT molecular complexity index is 377. The predicted octanol–water partition coefficient (Wildman–Crippen LogP) is 3.28. The van der Waals surface area contributed by atoms with Crippen LogP contribution >= 0.6 is 0 Å². The molecule has 1 rings (SSSR count). The fourth-order valence-electron chi connectivity index (χ4n) is 2.08. The fourth-order valence-corrected chi connectivity index (χ4v) is 2.08. The van der Waals surface area contributed by atoms with Crippen LogP contribution in [0.2, 0.25) is 0 Å². The summed E-state index contributed by atoms with van der Waals surface area (Å²) in [6.07, 6.45) is 11.8. The van der Waals surface area contributed by atoms with E-state index in [0.717, 1.165) is 31.3 Å². The summed E-state index contributed by atoms with van der Waals surface area (Å²) in [5.41, 5.74) is 0.869. The summed E-state index contributed by atoms with van der Waals surface area (Å²) in [7, 11) is 0. The first-order valence-corrected chi connectivity index (χ1v) is 6.40. The largest absolute Gasteiger partial charge is 0.481 e. The van der Waals surface area contributed by atoms with E-state index < -0.39 is 5.97 Å². The van der Waals surface area contributed by atoms with E-state index >= 15 is 0 Å². The minimum Gasteiger partial charge on any atom is -0.481 e. The van der Waals surface area contributed by atoms with Crippen LogP contribution in [0.15, 0.2) is 36.5 Å². The van der Waals surface area contributed by atoms with Crippen molar-refractivity contribution in [3.63, 3.8) is 0 Å². The predicted molar refractivity (Wildman–Crippen MR) is 71.3 cm³/mol. The van der Waals surface area contributed by atoms with Crippen molar-refractivity contribution in [2.45, 2.75) is 38.5 Å². The molecule has 0 aromatic heterocycles. The molecule has 0 aliphatic heterocycles. The number of rotatable bonds is 8. The molecule has 1 aliphatic carbocycles. The second-order valence-electron chi connectivity index (χ2n) is 4.51. The van der Waals surface area contributed by atoms with Gasteiger partial charge in [0.2, 0.25) is 0 Å². The van der Waals surface area contributed by atoms with Crippen molar-refractivity contribution in [3.8, 4) is 0 Å².